The van der Waals surface area contributed by atoms with E-state index < -0.39 is 5.91 Å². The number of ether oxygens (including phenoxy) is 3. The average molecular weight is 420 g/mol. The van der Waals surface area contributed by atoms with Crippen molar-refractivity contribution in [2.75, 3.05) is 19.0 Å². The average Bonchev–Trinajstić information content (AvgIpc) is 2.79. The predicted octanol–water partition coefficient (Wildman–Crippen LogP) is 4.02. The summed E-state index contributed by atoms with van der Waals surface area (Å²) < 4.78 is 16.9. The summed E-state index contributed by atoms with van der Waals surface area (Å²) in [7, 11) is 1.58. The van der Waals surface area contributed by atoms with Gasteiger partial charge >= 0.3 is 0 Å². The van der Waals surface area contributed by atoms with Crippen LogP contribution in [0.1, 0.15) is 33.2 Å². The fourth-order valence-corrected chi connectivity index (χ4v) is 2.94. The second kappa shape index (κ2) is 10.2. The summed E-state index contributed by atoms with van der Waals surface area (Å²) >= 11 is 0. The van der Waals surface area contributed by atoms with Crippen LogP contribution in [0.5, 0.6) is 17.2 Å². The first-order valence-electron chi connectivity index (χ1n) is 9.74. The molecule has 31 heavy (non-hydrogen) atoms. The van der Waals surface area contributed by atoms with Crippen LogP contribution in [0.2, 0.25) is 0 Å². The molecule has 0 spiro atoms. The number of benzene rings is 3. The predicted molar refractivity (Wildman–Crippen MR) is 118 cm³/mol. The fraction of sp³-hybridized carbons (Fsp3) is 0.167. The molecule has 0 fully saturated rings. The first-order valence-corrected chi connectivity index (χ1v) is 9.74. The van der Waals surface area contributed by atoms with Gasteiger partial charge in [0.2, 0.25) is 5.91 Å². The molecule has 0 saturated heterocycles. The zero-order valence-corrected chi connectivity index (χ0v) is 17.4. The third kappa shape index (κ3) is 5.54. The minimum absolute atomic E-state index is 0.199. The van der Waals surface area contributed by atoms with Gasteiger partial charge in [-0.2, -0.15) is 0 Å². The Bertz CT molecular complexity index is 1060. The van der Waals surface area contributed by atoms with Crippen molar-refractivity contribution in [1.82, 2.24) is 0 Å². The number of rotatable bonds is 9. The van der Waals surface area contributed by atoms with Crippen molar-refractivity contribution < 1.29 is 23.8 Å². The number of anilines is 1. The molecule has 0 aromatic heterocycles. The van der Waals surface area contributed by atoms with Crippen molar-refractivity contribution in [3.8, 4) is 17.2 Å². The molecule has 3 aromatic carbocycles. The van der Waals surface area contributed by atoms with Gasteiger partial charge in [-0.15, -0.1) is 0 Å². The lowest BCUT2D eigenvalue weighted by Crippen LogP contribution is -2.14. The summed E-state index contributed by atoms with van der Waals surface area (Å²) in [4.78, 5) is 23.9. The van der Waals surface area contributed by atoms with Crippen molar-refractivity contribution in [2.24, 2.45) is 5.73 Å². The molecule has 0 aliphatic carbocycles. The normalized spacial score (nSPS) is 10.3. The first kappa shape index (κ1) is 21.7. The smallest absolute Gasteiger partial charge is 0.255 e. The van der Waals surface area contributed by atoms with Crippen molar-refractivity contribution in [2.45, 2.75) is 13.5 Å². The molecular formula is C24H24N2O5. The largest absolute Gasteiger partial charge is 0.493 e. The number of hydrogen-bond donors (Lipinski definition) is 2. The molecule has 0 aliphatic rings. The maximum atomic E-state index is 12.7. The third-order valence-electron chi connectivity index (χ3n) is 4.50. The lowest BCUT2D eigenvalue weighted by atomic mass is 10.1. The number of hydrogen-bond acceptors (Lipinski definition) is 5. The Labute approximate surface area is 180 Å². The van der Waals surface area contributed by atoms with Crippen molar-refractivity contribution in [1.29, 1.82) is 0 Å². The van der Waals surface area contributed by atoms with E-state index in [2.05, 4.69) is 5.32 Å². The van der Waals surface area contributed by atoms with Crippen molar-refractivity contribution in [3.05, 3.63) is 83.4 Å². The van der Waals surface area contributed by atoms with Crippen molar-refractivity contribution in [3.63, 3.8) is 0 Å². The molecule has 2 amide bonds. The zero-order valence-electron chi connectivity index (χ0n) is 17.4. The summed E-state index contributed by atoms with van der Waals surface area (Å²) in [5.41, 5.74) is 7.34. The maximum Gasteiger partial charge on any atom is 0.255 e. The van der Waals surface area contributed by atoms with Gasteiger partial charge in [-0.3, -0.25) is 9.59 Å². The molecule has 7 nitrogen and oxygen atoms in total. The van der Waals surface area contributed by atoms with Gasteiger partial charge in [0.25, 0.3) is 5.91 Å². The number of para-hydroxylation sites is 2. The van der Waals surface area contributed by atoms with Gasteiger partial charge in [0.1, 0.15) is 12.4 Å². The van der Waals surface area contributed by atoms with E-state index in [9.17, 15) is 9.59 Å². The minimum Gasteiger partial charge on any atom is -0.493 e. The van der Waals surface area contributed by atoms with Crippen LogP contribution in [-0.2, 0) is 6.61 Å². The van der Waals surface area contributed by atoms with E-state index in [1.54, 1.807) is 49.6 Å². The Kier molecular flexibility index (Phi) is 7.11. The number of nitrogens with two attached hydrogens (primary N) is 1. The highest BCUT2D eigenvalue weighted by Crippen LogP contribution is 2.29. The van der Waals surface area contributed by atoms with Crippen LogP contribution in [0.3, 0.4) is 0 Å². The molecule has 3 rings (SSSR count). The Balaban J connectivity index is 1.78. The molecule has 0 atom stereocenters. The fourth-order valence-electron chi connectivity index (χ4n) is 2.94. The van der Waals surface area contributed by atoms with Crippen molar-refractivity contribution >= 4 is 17.5 Å². The van der Waals surface area contributed by atoms with Gasteiger partial charge in [-0.05, 0) is 61.5 Å². The molecular weight excluding hydrogens is 396 g/mol. The van der Waals surface area contributed by atoms with Crippen LogP contribution in [0.15, 0.2) is 66.7 Å². The van der Waals surface area contributed by atoms with Crippen LogP contribution in [-0.4, -0.2) is 25.5 Å². The topological polar surface area (TPSA) is 99.9 Å². The molecule has 0 aliphatic heterocycles. The number of primary amides is 1. The van der Waals surface area contributed by atoms with E-state index >= 15 is 0 Å². The van der Waals surface area contributed by atoms with E-state index in [4.69, 9.17) is 19.9 Å². The second-order valence-electron chi connectivity index (χ2n) is 6.59. The van der Waals surface area contributed by atoms with Crippen LogP contribution >= 0.6 is 0 Å². The maximum absolute atomic E-state index is 12.7. The van der Waals surface area contributed by atoms with E-state index in [0.29, 0.717) is 40.7 Å². The van der Waals surface area contributed by atoms with Gasteiger partial charge < -0.3 is 25.3 Å². The Hall–Kier alpha value is -4.00. The van der Waals surface area contributed by atoms with Gasteiger partial charge in [-0.1, -0.05) is 12.1 Å². The molecule has 0 radical (unpaired) electrons. The molecule has 0 bridgehead atoms. The summed E-state index contributed by atoms with van der Waals surface area (Å²) in [5, 5.41) is 2.80. The quantitative estimate of drug-likeness (QED) is 0.545. The SMILES string of the molecule is CCOc1ccc(C(=O)Nc2ccc(C(N)=O)cc2)cc1COc1ccccc1OC. The van der Waals surface area contributed by atoms with Gasteiger partial charge in [0, 0.05) is 22.4 Å². The molecule has 0 unspecified atom stereocenters. The van der Waals surface area contributed by atoms with Crippen LogP contribution in [0, 0.1) is 0 Å². The molecule has 0 saturated carbocycles. The third-order valence-corrected chi connectivity index (χ3v) is 4.50. The molecule has 7 heteroatoms. The van der Waals surface area contributed by atoms with E-state index in [0.717, 1.165) is 5.56 Å². The zero-order chi connectivity index (χ0) is 22.2. The lowest BCUT2D eigenvalue weighted by molar-refractivity contribution is 0.0998. The van der Waals surface area contributed by atoms with Gasteiger partial charge in [-0.25, -0.2) is 0 Å². The monoisotopic (exact) mass is 420 g/mol. The standard InChI is InChI=1S/C24H24N2O5/c1-3-30-20-13-10-17(24(28)26-19-11-8-16(9-12-19)23(25)27)14-18(20)15-31-22-7-5-4-6-21(22)29-2/h4-14H,3,15H2,1-2H3,(H2,25,27)(H,26,28). The van der Waals surface area contributed by atoms with E-state index in [1.165, 1.54) is 0 Å². The van der Waals surface area contributed by atoms with Crippen LogP contribution in [0.4, 0.5) is 5.69 Å². The lowest BCUT2D eigenvalue weighted by Gasteiger charge is -2.15. The highest BCUT2D eigenvalue weighted by Gasteiger charge is 2.13. The van der Waals surface area contributed by atoms with Crippen LogP contribution < -0.4 is 25.3 Å². The summed E-state index contributed by atoms with van der Waals surface area (Å²) in [6.45, 7) is 2.57. The Morgan fingerprint density at radius 1 is 0.871 bits per heavy atom. The molecule has 3 N–H and O–H groups in total. The highest BCUT2D eigenvalue weighted by atomic mass is 16.5. The molecule has 160 valence electrons. The number of nitrogens with one attached hydrogen (secondary N) is 1. The second-order valence-corrected chi connectivity index (χ2v) is 6.59. The molecule has 0 heterocycles. The summed E-state index contributed by atoms with van der Waals surface area (Å²) in [6, 6.07) is 18.9. The van der Waals surface area contributed by atoms with E-state index in [-0.39, 0.29) is 12.5 Å². The Morgan fingerprint density at radius 3 is 2.19 bits per heavy atom. The summed E-state index contributed by atoms with van der Waals surface area (Å²) in [6.07, 6.45) is 0. The van der Waals surface area contributed by atoms with Gasteiger partial charge in [0.15, 0.2) is 11.5 Å². The number of methoxy groups -OCH3 is 1. The molecule has 3 aromatic rings. The highest BCUT2D eigenvalue weighted by molar-refractivity contribution is 6.04. The minimum atomic E-state index is -0.524. The summed E-state index contributed by atoms with van der Waals surface area (Å²) in [5.74, 6) is 1.03. The van der Waals surface area contributed by atoms with Crippen LogP contribution in [0.25, 0.3) is 0 Å². The Morgan fingerprint density at radius 2 is 1.55 bits per heavy atom. The van der Waals surface area contributed by atoms with E-state index in [1.807, 2.05) is 31.2 Å². The number of amides is 2. The van der Waals surface area contributed by atoms with Gasteiger partial charge in [0.05, 0.1) is 13.7 Å². The number of carbonyl (C=O) groups excluding carboxylic acids is 2. The first-order chi connectivity index (χ1) is 15.0. The number of carbonyl (C=O) groups is 2.